The summed E-state index contributed by atoms with van der Waals surface area (Å²) in [5.41, 5.74) is 7.24. The monoisotopic (exact) mass is 399 g/mol. The molecule has 1 aliphatic rings. The van der Waals surface area contributed by atoms with Gasteiger partial charge in [0.1, 0.15) is 5.75 Å². The highest BCUT2D eigenvalue weighted by atomic mass is 79.9. The Morgan fingerprint density at radius 1 is 1.33 bits per heavy atom. The Labute approximate surface area is 147 Å². The van der Waals surface area contributed by atoms with Gasteiger partial charge in [0.15, 0.2) is 0 Å². The largest absolute Gasteiger partial charge is 0.505 e. The molecule has 122 valence electrons. The maximum atomic E-state index is 10.3. The number of nitrogen functional groups attached to an aromatic ring is 1. The molecule has 1 heterocycles. The number of aromatic hydroxyl groups is 1. The number of benzene rings is 1. The van der Waals surface area contributed by atoms with Crippen molar-refractivity contribution in [1.29, 1.82) is 0 Å². The summed E-state index contributed by atoms with van der Waals surface area (Å²) in [5.74, 6) is 0.228. The van der Waals surface area contributed by atoms with Gasteiger partial charge in [0.2, 0.25) is 0 Å². The summed E-state index contributed by atoms with van der Waals surface area (Å²) >= 11 is 3.56. The minimum absolute atomic E-state index is 0. The molecule has 0 saturated carbocycles. The van der Waals surface area contributed by atoms with Crippen LogP contribution in [0.5, 0.6) is 5.75 Å². The molecule has 1 aliphatic heterocycles. The quantitative estimate of drug-likeness (QED) is 0.535. The van der Waals surface area contributed by atoms with Crippen molar-refractivity contribution in [2.24, 2.45) is 0 Å². The van der Waals surface area contributed by atoms with E-state index in [1.807, 2.05) is 6.07 Å². The molecule has 21 heavy (non-hydrogen) atoms. The molecule has 1 fully saturated rings. The highest BCUT2D eigenvalue weighted by molar-refractivity contribution is 9.10. The molecule has 0 aliphatic carbocycles. The normalized spacial score (nSPS) is 16.7. The molecule has 0 amide bonds. The summed E-state index contributed by atoms with van der Waals surface area (Å²) in [6.07, 6.45) is 2.10. The third-order valence-corrected chi connectivity index (χ3v) is 4.37. The van der Waals surface area contributed by atoms with Crippen LogP contribution in [0.1, 0.15) is 31.4 Å². The van der Waals surface area contributed by atoms with Crippen molar-refractivity contribution in [2.75, 3.05) is 31.9 Å². The fraction of sp³-hybridized carbons (Fsp3) is 0.571. The van der Waals surface area contributed by atoms with Gasteiger partial charge in [-0.2, -0.15) is 0 Å². The Bertz CT molecular complexity index is 442. The van der Waals surface area contributed by atoms with Gasteiger partial charge in [-0.1, -0.05) is 29.3 Å². The number of phenolic OH excluding ortho intramolecular Hbond substituents is 1. The summed E-state index contributed by atoms with van der Waals surface area (Å²) in [6.45, 7) is 6.19. The number of nitrogens with zero attached hydrogens (tertiary/aromatic N) is 1. The molecule has 1 saturated heterocycles. The van der Waals surface area contributed by atoms with Crippen molar-refractivity contribution >= 4 is 46.4 Å². The average molecular weight is 401 g/mol. The predicted molar refractivity (Wildman–Crippen MR) is 96.8 cm³/mol. The zero-order chi connectivity index (χ0) is 13.8. The molecule has 1 atom stereocenters. The first-order chi connectivity index (χ1) is 9.15. The third kappa shape index (κ3) is 4.89. The lowest BCUT2D eigenvalue weighted by molar-refractivity contribution is 0.161. The Hall–Kier alpha value is -0.200. The predicted octanol–water partition coefficient (Wildman–Crippen LogP) is 3.33. The zero-order valence-electron chi connectivity index (χ0n) is 12.1. The molecule has 4 nitrogen and oxygen atoms in total. The van der Waals surface area contributed by atoms with Crippen LogP contribution in [0, 0.1) is 0 Å². The van der Waals surface area contributed by atoms with Crippen LogP contribution in [-0.4, -0.2) is 36.2 Å². The van der Waals surface area contributed by atoms with E-state index >= 15 is 0 Å². The first-order valence-electron chi connectivity index (χ1n) is 6.86. The van der Waals surface area contributed by atoms with Gasteiger partial charge in [0.05, 0.1) is 5.69 Å². The van der Waals surface area contributed by atoms with E-state index in [0.717, 1.165) is 49.1 Å². The Kier molecular flexibility index (Phi) is 9.65. The van der Waals surface area contributed by atoms with Crippen molar-refractivity contribution in [2.45, 2.75) is 25.8 Å². The van der Waals surface area contributed by atoms with E-state index < -0.39 is 0 Å². The van der Waals surface area contributed by atoms with E-state index in [1.165, 1.54) is 0 Å². The van der Waals surface area contributed by atoms with E-state index in [4.69, 9.17) is 5.73 Å². The standard InChI is InChI=1S/C14H22BrN3O.2ClH/c1-2-3-12(18-8-6-17-7-9-18)13-10(15)4-5-11(16)14(13)19;;/h4-5,12,17,19H,2-3,6-9,16H2,1H3;2*1H/t12-;;/m0../s1. The van der Waals surface area contributed by atoms with Gasteiger partial charge < -0.3 is 16.2 Å². The van der Waals surface area contributed by atoms with Gasteiger partial charge in [-0.25, -0.2) is 0 Å². The SMILES string of the molecule is CCC[C@@H](c1c(Br)ccc(N)c1O)N1CCNCC1.Cl.Cl. The smallest absolute Gasteiger partial charge is 0.144 e. The van der Waals surface area contributed by atoms with Crippen LogP contribution in [0.4, 0.5) is 5.69 Å². The van der Waals surface area contributed by atoms with Crippen LogP contribution < -0.4 is 11.1 Å². The highest BCUT2D eigenvalue weighted by Gasteiger charge is 2.26. The Morgan fingerprint density at radius 3 is 2.52 bits per heavy atom. The summed E-state index contributed by atoms with van der Waals surface area (Å²) in [5, 5.41) is 13.7. The number of nitrogens with one attached hydrogen (secondary N) is 1. The number of phenols is 1. The fourth-order valence-corrected chi connectivity index (χ4v) is 3.28. The molecule has 7 heteroatoms. The molecule has 4 N–H and O–H groups in total. The second-order valence-electron chi connectivity index (χ2n) is 4.99. The van der Waals surface area contributed by atoms with Crippen molar-refractivity contribution in [3.63, 3.8) is 0 Å². The highest BCUT2D eigenvalue weighted by Crippen LogP contribution is 2.40. The Morgan fingerprint density at radius 2 is 1.95 bits per heavy atom. The van der Waals surface area contributed by atoms with E-state index in [0.29, 0.717) is 5.69 Å². The second kappa shape index (κ2) is 9.74. The molecule has 2 rings (SSSR count). The molecule has 0 spiro atoms. The van der Waals surface area contributed by atoms with Gasteiger partial charge in [0, 0.05) is 42.3 Å². The van der Waals surface area contributed by atoms with Crippen LogP contribution >= 0.6 is 40.7 Å². The molecule has 0 unspecified atom stereocenters. The topological polar surface area (TPSA) is 61.5 Å². The van der Waals surface area contributed by atoms with E-state index in [-0.39, 0.29) is 36.6 Å². The minimum atomic E-state index is 0. The van der Waals surface area contributed by atoms with E-state index in [2.05, 4.69) is 33.1 Å². The van der Waals surface area contributed by atoms with Gasteiger partial charge in [-0.15, -0.1) is 24.8 Å². The number of nitrogens with two attached hydrogens (primary N) is 1. The molecule has 0 radical (unpaired) electrons. The van der Waals surface area contributed by atoms with Gasteiger partial charge in [-0.05, 0) is 18.6 Å². The fourth-order valence-electron chi connectivity index (χ4n) is 2.69. The lowest BCUT2D eigenvalue weighted by atomic mass is 9.98. The molecule has 0 bridgehead atoms. The van der Waals surface area contributed by atoms with Crippen molar-refractivity contribution < 1.29 is 5.11 Å². The number of hydrogen-bond donors (Lipinski definition) is 3. The first kappa shape index (κ1) is 20.8. The van der Waals surface area contributed by atoms with Crippen LogP contribution in [-0.2, 0) is 0 Å². The van der Waals surface area contributed by atoms with Crippen molar-refractivity contribution in [3.8, 4) is 5.75 Å². The van der Waals surface area contributed by atoms with E-state index in [9.17, 15) is 5.11 Å². The maximum Gasteiger partial charge on any atom is 0.144 e. The number of anilines is 1. The number of rotatable bonds is 4. The number of halogens is 3. The van der Waals surface area contributed by atoms with Crippen LogP contribution in [0.2, 0.25) is 0 Å². The zero-order valence-corrected chi connectivity index (χ0v) is 15.4. The van der Waals surface area contributed by atoms with Crippen LogP contribution in [0.25, 0.3) is 0 Å². The number of hydrogen-bond acceptors (Lipinski definition) is 4. The van der Waals surface area contributed by atoms with Crippen LogP contribution in [0.3, 0.4) is 0 Å². The van der Waals surface area contributed by atoms with Gasteiger partial charge in [-0.3, -0.25) is 4.90 Å². The first-order valence-corrected chi connectivity index (χ1v) is 7.66. The third-order valence-electron chi connectivity index (χ3n) is 3.68. The maximum absolute atomic E-state index is 10.3. The van der Waals surface area contributed by atoms with Crippen molar-refractivity contribution in [3.05, 3.63) is 22.2 Å². The minimum Gasteiger partial charge on any atom is -0.505 e. The summed E-state index contributed by atoms with van der Waals surface area (Å²) in [7, 11) is 0. The summed E-state index contributed by atoms with van der Waals surface area (Å²) < 4.78 is 0.941. The summed E-state index contributed by atoms with van der Waals surface area (Å²) in [6, 6.07) is 3.89. The van der Waals surface area contributed by atoms with Gasteiger partial charge in [0.25, 0.3) is 0 Å². The lowest BCUT2D eigenvalue weighted by Gasteiger charge is -2.36. The summed E-state index contributed by atoms with van der Waals surface area (Å²) in [4.78, 5) is 2.43. The average Bonchev–Trinajstić information content (AvgIpc) is 2.43. The number of piperazine rings is 1. The molecule has 0 aromatic heterocycles. The van der Waals surface area contributed by atoms with Gasteiger partial charge >= 0.3 is 0 Å². The Balaban J connectivity index is 0.00000200. The second-order valence-corrected chi connectivity index (χ2v) is 5.84. The molecule has 1 aromatic carbocycles. The molecular weight excluding hydrogens is 377 g/mol. The van der Waals surface area contributed by atoms with Crippen molar-refractivity contribution in [1.82, 2.24) is 10.2 Å². The van der Waals surface area contributed by atoms with Crippen LogP contribution in [0.15, 0.2) is 16.6 Å². The lowest BCUT2D eigenvalue weighted by Crippen LogP contribution is -2.45. The van der Waals surface area contributed by atoms with E-state index in [1.54, 1.807) is 6.07 Å². The molecule has 1 aromatic rings. The molecular formula is C14H24BrCl2N3O.